The van der Waals surface area contributed by atoms with Crippen LogP contribution in [0.15, 0.2) is 24.7 Å². The molecule has 100 valence electrons. The van der Waals surface area contributed by atoms with Crippen molar-refractivity contribution in [3.8, 4) is 0 Å². The lowest BCUT2D eigenvalue weighted by atomic mass is 10.1. The van der Waals surface area contributed by atoms with E-state index in [4.69, 9.17) is 0 Å². The van der Waals surface area contributed by atoms with Gasteiger partial charge in [-0.2, -0.15) is 5.10 Å². The fourth-order valence-corrected chi connectivity index (χ4v) is 2.44. The van der Waals surface area contributed by atoms with Gasteiger partial charge in [0.25, 0.3) is 5.91 Å². The maximum Gasteiger partial charge on any atom is 0.276 e. The fraction of sp³-hybridized carbons (Fsp3) is 0.500. The van der Waals surface area contributed by atoms with Crippen LogP contribution in [-0.2, 0) is 7.05 Å². The van der Waals surface area contributed by atoms with Gasteiger partial charge in [-0.15, -0.1) is 5.10 Å². The lowest BCUT2D eigenvalue weighted by Gasteiger charge is -2.31. The summed E-state index contributed by atoms with van der Waals surface area (Å²) in [5.41, 5.74) is 0.417. The molecule has 0 unspecified atom stereocenters. The molecule has 2 aromatic rings. The van der Waals surface area contributed by atoms with Gasteiger partial charge >= 0.3 is 0 Å². The first-order valence-electron chi connectivity index (χ1n) is 6.39. The monoisotopic (exact) mass is 260 g/mol. The van der Waals surface area contributed by atoms with Crippen molar-refractivity contribution >= 4 is 5.91 Å². The predicted molar refractivity (Wildman–Crippen MR) is 67.4 cm³/mol. The van der Waals surface area contributed by atoms with Crippen LogP contribution in [0.5, 0.6) is 0 Å². The number of hydrogen-bond donors (Lipinski definition) is 0. The lowest BCUT2D eigenvalue weighted by molar-refractivity contribution is 0.0684. The Morgan fingerprint density at radius 1 is 1.37 bits per heavy atom. The van der Waals surface area contributed by atoms with E-state index in [1.807, 2.05) is 21.8 Å². The summed E-state index contributed by atoms with van der Waals surface area (Å²) in [6.45, 7) is 1.47. The van der Waals surface area contributed by atoms with Crippen LogP contribution >= 0.6 is 0 Å². The molecule has 0 spiro atoms. The highest BCUT2D eigenvalue weighted by atomic mass is 16.2. The van der Waals surface area contributed by atoms with Crippen LogP contribution in [0, 0.1) is 0 Å². The van der Waals surface area contributed by atoms with Crippen LogP contribution in [0.2, 0.25) is 0 Å². The molecule has 1 saturated heterocycles. The second kappa shape index (κ2) is 4.83. The van der Waals surface area contributed by atoms with Crippen LogP contribution in [0.25, 0.3) is 0 Å². The molecule has 0 atom stereocenters. The normalized spacial score (nSPS) is 16.8. The van der Waals surface area contributed by atoms with E-state index in [1.165, 1.54) is 0 Å². The van der Waals surface area contributed by atoms with Crippen LogP contribution in [0.3, 0.4) is 0 Å². The van der Waals surface area contributed by atoms with Crippen LogP contribution in [-0.4, -0.2) is 48.7 Å². The minimum atomic E-state index is -0.0352. The number of amides is 1. The van der Waals surface area contributed by atoms with E-state index in [9.17, 15) is 4.79 Å². The van der Waals surface area contributed by atoms with Gasteiger partial charge in [-0.1, -0.05) is 5.21 Å². The Hall–Kier alpha value is -2.18. The summed E-state index contributed by atoms with van der Waals surface area (Å²) in [7, 11) is 1.76. The van der Waals surface area contributed by atoms with Gasteiger partial charge in [-0.05, 0) is 18.9 Å². The number of hydrogen-bond acceptors (Lipinski definition) is 4. The maximum absolute atomic E-state index is 12.2. The molecule has 3 rings (SSSR count). The van der Waals surface area contributed by atoms with E-state index >= 15 is 0 Å². The summed E-state index contributed by atoms with van der Waals surface area (Å²) >= 11 is 0. The van der Waals surface area contributed by atoms with Crippen molar-refractivity contribution in [2.45, 2.75) is 18.9 Å². The zero-order valence-electron chi connectivity index (χ0n) is 10.8. The summed E-state index contributed by atoms with van der Waals surface area (Å²) in [4.78, 5) is 14.0. The average molecular weight is 260 g/mol. The minimum absolute atomic E-state index is 0.0352. The van der Waals surface area contributed by atoms with Crippen LogP contribution < -0.4 is 0 Å². The first-order valence-corrected chi connectivity index (χ1v) is 6.39. The molecular formula is C12H16N6O. The number of piperidine rings is 1. The standard InChI is InChI=1S/C12H16N6O/c1-16-9-11(14-15-16)12(19)17-7-3-10(4-8-17)18-6-2-5-13-18/h2,5-6,9-10H,3-4,7-8H2,1H3. The Bertz CT molecular complexity index is 553. The highest BCUT2D eigenvalue weighted by Crippen LogP contribution is 2.22. The van der Waals surface area contributed by atoms with Crippen LogP contribution in [0.4, 0.5) is 0 Å². The van der Waals surface area contributed by atoms with Crippen molar-refractivity contribution in [2.75, 3.05) is 13.1 Å². The molecule has 0 aliphatic carbocycles. The highest BCUT2D eigenvalue weighted by Gasteiger charge is 2.25. The van der Waals surface area contributed by atoms with E-state index in [0.29, 0.717) is 11.7 Å². The summed E-state index contributed by atoms with van der Waals surface area (Å²) in [5, 5.41) is 11.9. The number of aromatic nitrogens is 5. The largest absolute Gasteiger partial charge is 0.337 e. The molecular weight excluding hydrogens is 244 g/mol. The van der Waals surface area contributed by atoms with Crippen molar-refractivity contribution in [1.82, 2.24) is 29.7 Å². The quantitative estimate of drug-likeness (QED) is 0.788. The van der Waals surface area contributed by atoms with Crippen molar-refractivity contribution in [2.24, 2.45) is 7.05 Å². The fourth-order valence-electron chi connectivity index (χ4n) is 2.44. The molecule has 7 nitrogen and oxygen atoms in total. The first-order chi connectivity index (χ1) is 9.24. The lowest BCUT2D eigenvalue weighted by Crippen LogP contribution is -2.39. The molecule has 0 radical (unpaired) electrons. The molecule has 1 fully saturated rings. The Kier molecular flexibility index (Phi) is 3.02. The van der Waals surface area contributed by atoms with Gasteiger partial charge in [-0.25, -0.2) is 0 Å². The van der Waals surface area contributed by atoms with Crippen LogP contribution in [0.1, 0.15) is 29.4 Å². The molecule has 2 aromatic heterocycles. The van der Waals surface area contributed by atoms with E-state index in [-0.39, 0.29) is 5.91 Å². The van der Waals surface area contributed by atoms with Crippen molar-refractivity contribution in [3.63, 3.8) is 0 Å². The van der Waals surface area contributed by atoms with E-state index in [1.54, 1.807) is 24.1 Å². The van der Waals surface area contributed by atoms with Crippen molar-refractivity contribution in [1.29, 1.82) is 0 Å². The zero-order valence-corrected chi connectivity index (χ0v) is 10.8. The van der Waals surface area contributed by atoms with E-state index in [0.717, 1.165) is 25.9 Å². The smallest absolute Gasteiger partial charge is 0.276 e. The number of likely N-dealkylation sites (tertiary alicyclic amines) is 1. The van der Waals surface area contributed by atoms with Gasteiger partial charge in [0.15, 0.2) is 5.69 Å². The first kappa shape index (κ1) is 11.9. The van der Waals surface area contributed by atoms with Crippen molar-refractivity contribution < 1.29 is 4.79 Å². The molecule has 0 N–H and O–H groups in total. The molecule has 1 aliphatic heterocycles. The number of aryl methyl sites for hydroxylation is 1. The predicted octanol–water partition coefficient (Wildman–Crippen LogP) is 0.489. The third-order valence-electron chi connectivity index (χ3n) is 3.47. The maximum atomic E-state index is 12.2. The molecule has 1 aliphatic rings. The second-order valence-corrected chi connectivity index (χ2v) is 4.79. The van der Waals surface area contributed by atoms with Gasteiger partial charge < -0.3 is 4.90 Å². The molecule has 0 saturated carbocycles. The zero-order chi connectivity index (χ0) is 13.2. The van der Waals surface area contributed by atoms with Gasteiger partial charge in [0.1, 0.15) is 0 Å². The summed E-state index contributed by atoms with van der Waals surface area (Å²) in [5.74, 6) is -0.0352. The summed E-state index contributed by atoms with van der Waals surface area (Å²) < 4.78 is 3.52. The van der Waals surface area contributed by atoms with Gasteiger partial charge in [0, 0.05) is 32.5 Å². The molecule has 0 bridgehead atoms. The third kappa shape index (κ3) is 2.35. The summed E-state index contributed by atoms with van der Waals surface area (Å²) in [6, 6.07) is 2.32. The van der Waals surface area contributed by atoms with Gasteiger partial charge in [0.2, 0.25) is 0 Å². The number of carbonyl (C=O) groups excluding carboxylic acids is 1. The van der Waals surface area contributed by atoms with Gasteiger partial charge in [0.05, 0.1) is 12.2 Å². The topological polar surface area (TPSA) is 68.8 Å². The minimum Gasteiger partial charge on any atom is -0.337 e. The number of rotatable bonds is 2. The second-order valence-electron chi connectivity index (χ2n) is 4.79. The molecule has 7 heteroatoms. The Morgan fingerprint density at radius 2 is 2.16 bits per heavy atom. The molecule has 1 amide bonds. The average Bonchev–Trinajstić information content (AvgIpc) is 3.09. The molecule has 0 aromatic carbocycles. The third-order valence-corrected chi connectivity index (χ3v) is 3.47. The van der Waals surface area contributed by atoms with Gasteiger partial charge in [-0.3, -0.25) is 14.2 Å². The van der Waals surface area contributed by atoms with E-state index in [2.05, 4.69) is 15.4 Å². The highest BCUT2D eigenvalue weighted by molar-refractivity contribution is 5.91. The molecule has 3 heterocycles. The molecule has 19 heavy (non-hydrogen) atoms. The Balaban J connectivity index is 1.62. The Labute approximate surface area is 110 Å². The number of carbonyl (C=O) groups is 1. The SMILES string of the molecule is Cn1cc(C(=O)N2CCC(n3cccn3)CC2)nn1. The summed E-state index contributed by atoms with van der Waals surface area (Å²) in [6.07, 6.45) is 7.27. The van der Waals surface area contributed by atoms with E-state index < -0.39 is 0 Å². The number of nitrogens with zero attached hydrogens (tertiary/aromatic N) is 6. The van der Waals surface area contributed by atoms with Crippen molar-refractivity contribution in [3.05, 3.63) is 30.4 Å². The Morgan fingerprint density at radius 3 is 2.74 bits per heavy atom.